The van der Waals surface area contributed by atoms with Crippen LogP contribution >= 0.6 is 4.95 Å². The molecule has 0 aliphatic heterocycles. The molecule has 0 nitrogen and oxygen atoms in total. The third-order valence-corrected chi connectivity index (χ3v) is 18.6. The minimum Gasteiger partial charge on any atom is -0.418 e. The Morgan fingerprint density at radius 2 is 1.00 bits per heavy atom. The van der Waals surface area contributed by atoms with E-state index in [1.54, 1.807) is 18.5 Å². The van der Waals surface area contributed by atoms with E-state index in [9.17, 15) is 17.3 Å². The minimum atomic E-state index is -6.00. The van der Waals surface area contributed by atoms with E-state index in [2.05, 4.69) is 25.7 Å². The molecular formula is C13H30BF4PTe. The molecule has 0 N–H and O–H groups in total. The topological polar surface area (TPSA) is 0 Å². The Balaban J connectivity index is 0. The molecule has 0 bridgehead atoms. The quantitative estimate of drug-likeness (QED) is 0.214. The second kappa shape index (κ2) is 13.7. The van der Waals surface area contributed by atoms with Crippen LogP contribution in [0.4, 0.5) is 17.3 Å². The fourth-order valence-electron chi connectivity index (χ4n) is 1.95. The van der Waals surface area contributed by atoms with Crippen molar-refractivity contribution in [2.75, 3.05) is 18.5 Å². The zero-order chi connectivity index (χ0) is 16.1. The maximum Gasteiger partial charge on any atom is 0.673 e. The molecule has 0 aromatic carbocycles. The van der Waals surface area contributed by atoms with Crippen LogP contribution in [0.1, 0.15) is 59.3 Å². The van der Waals surface area contributed by atoms with Crippen molar-refractivity contribution in [3.8, 4) is 0 Å². The molecule has 20 heavy (non-hydrogen) atoms. The largest absolute Gasteiger partial charge is 0.673 e. The molecule has 0 amide bonds. The van der Waals surface area contributed by atoms with Crippen molar-refractivity contribution >= 4 is 32.6 Å². The van der Waals surface area contributed by atoms with E-state index in [4.69, 9.17) is 0 Å². The van der Waals surface area contributed by atoms with E-state index in [-0.39, 0.29) is 0 Å². The van der Waals surface area contributed by atoms with E-state index in [1.807, 2.05) is 0 Å². The first kappa shape index (κ1) is 23.3. The molecule has 0 rings (SSSR count). The Morgan fingerprint density at radius 1 is 0.750 bits per heavy atom. The van der Waals surface area contributed by atoms with E-state index < -0.39 is 12.2 Å². The molecule has 0 atom stereocenters. The van der Waals surface area contributed by atoms with Crippen LogP contribution in [0.5, 0.6) is 0 Å². The maximum atomic E-state index is 9.75. The monoisotopic (exact) mass is 434 g/mol. The van der Waals surface area contributed by atoms with Crippen LogP contribution in [0.3, 0.4) is 0 Å². The van der Waals surface area contributed by atoms with Gasteiger partial charge in [0.2, 0.25) is 0 Å². The van der Waals surface area contributed by atoms with Crippen LogP contribution in [0.25, 0.3) is 0 Å². The Morgan fingerprint density at radius 3 is 1.15 bits per heavy atom. The van der Waals surface area contributed by atoms with Crippen molar-refractivity contribution < 1.29 is 17.3 Å². The summed E-state index contributed by atoms with van der Waals surface area (Å²) in [6.07, 6.45) is 13.7. The zero-order valence-electron chi connectivity index (χ0n) is 13.3. The van der Waals surface area contributed by atoms with Crippen LogP contribution in [-0.4, -0.2) is 46.1 Å². The predicted molar refractivity (Wildman–Crippen MR) is 88.0 cm³/mol. The molecule has 0 aromatic heterocycles. The summed E-state index contributed by atoms with van der Waals surface area (Å²) in [6.45, 7) is 7.06. The van der Waals surface area contributed by atoms with E-state index >= 15 is 0 Å². The second-order valence-corrected chi connectivity index (χ2v) is 18.5. The summed E-state index contributed by atoms with van der Waals surface area (Å²) >= 11 is 0.350. The molecule has 124 valence electrons. The minimum absolute atomic E-state index is 0.350. The zero-order valence-corrected chi connectivity index (χ0v) is 16.5. The summed E-state index contributed by atoms with van der Waals surface area (Å²) in [5, 5.41) is 0. The van der Waals surface area contributed by atoms with Crippen molar-refractivity contribution in [1.82, 2.24) is 0 Å². The number of halogens is 4. The van der Waals surface area contributed by atoms with Crippen molar-refractivity contribution in [1.29, 1.82) is 0 Å². The van der Waals surface area contributed by atoms with E-state index in [0.717, 1.165) is 0 Å². The van der Waals surface area contributed by atoms with Crippen LogP contribution in [0.2, 0.25) is 4.97 Å². The predicted octanol–water partition coefficient (Wildman–Crippen LogP) is 6.37. The Hall–Kier alpha value is 1.00. The fourth-order valence-corrected chi connectivity index (χ4v) is 13.9. The summed E-state index contributed by atoms with van der Waals surface area (Å²) in [6, 6.07) is 0. The summed E-state index contributed by atoms with van der Waals surface area (Å²) in [5.74, 6) is 0. The van der Waals surface area contributed by atoms with E-state index in [0.29, 0.717) is 20.4 Å². The molecule has 0 aliphatic carbocycles. The SMILES string of the molecule is CCCC[P+](CCCC)(CCCC)[Te]C.F[B-](F)(F)F. The summed E-state index contributed by atoms with van der Waals surface area (Å²) in [7, 11) is -6.00. The Bertz CT molecular complexity index is 187. The van der Waals surface area contributed by atoms with Gasteiger partial charge in [0.05, 0.1) is 0 Å². The second-order valence-electron chi connectivity index (χ2n) is 4.97. The molecule has 0 saturated heterocycles. The summed E-state index contributed by atoms with van der Waals surface area (Å²) in [4.78, 5) is 2.19. The van der Waals surface area contributed by atoms with Crippen LogP contribution in [0, 0.1) is 0 Å². The number of unbranched alkanes of at least 4 members (excludes halogenated alkanes) is 3. The van der Waals surface area contributed by atoms with E-state index in [1.165, 1.54) is 38.5 Å². The van der Waals surface area contributed by atoms with Crippen molar-refractivity contribution in [2.24, 2.45) is 0 Å². The Labute approximate surface area is 132 Å². The summed E-state index contributed by atoms with van der Waals surface area (Å²) < 4.78 is 39.0. The maximum absolute atomic E-state index is 9.75. The molecule has 0 spiro atoms. The third-order valence-electron chi connectivity index (χ3n) is 3.14. The van der Waals surface area contributed by atoms with Gasteiger partial charge in [0.1, 0.15) is 0 Å². The first-order valence-electron chi connectivity index (χ1n) is 7.53. The van der Waals surface area contributed by atoms with Crippen molar-refractivity contribution in [2.45, 2.75) is 64.3 Å². The molecule has 0 saturated carbocycles. The van der Waals surface area contributed by atoms with Gasteiger partial charge in [-0.25, -0.2) is 0 Å². The van der Waals surface area contributed by atoms with Gasteiger partial charge in [0, 0.05) is 0 Å². The first-order chi connectivity index (χ1) is 9.24. The third kappa shape index (κ3) is 17.1. The average Bonchev–Trinajstić information content (AvgIpc) is 2.37. The van der Waals surface area contributed by atoms with Gasteiger partial charge in [-0.05, 0) is 0 Å². The van der Waals surface area contributed by atoms with Gasteiger partial charge in [-0.2, -0.15) is 0 Å². The molecule has 0 unspecified atom stereocenters. The van der Waals surface area contributed by atoms with Gasteiger partial charge in [0.15, 0.2) is 0 Å². The van der Waals surface area contributed by atoms with Gasteiger partial charge in [-0.15, -0.1) is 0 Å². The van der Waals surface area contributed by atoms with Crippen molar-refractivity contribution in [3.63, 3.8) is 0 Å². The molecule has 0 heterocycles. The first-order valence-corrected chi connectivity index (χ1v) is 15.3. The molecule has 0 aromatic rings. The molecule has 0 aliphatic rings. The van der Waals surface area contributed by atoms with Crippen molar-refractivity contribution in [3.05, 3.63) is 0 Å². The number of hydrogen-bond donors (Lipinski definition) is 0. The molecule has 0 fully saturated rings. The van der Waals surface area contributed by atoms with Gasteiger partial charge < -0.3 is 17.3 Å². The molecule has 7 heteroatoms. The smallest absolute Gasteiger partial charge is 0.418 e. The average molecular weight is 432 g/mol. The Kier molecular flexibility index (Phi) is 15.9. The normalized spacial score (nSPS) is 12.0. The van der Waals surface area contributed by atoms with Gasteiger partial charge in [-0.3, -0.25) is 0 Å². The fraction of sp³-hybridized carbons (Fsp3) is 1.00. The molecule has 0 radical (unpaired) electrons. The van der Waals surface area contributed by atoms with Gasteiger partial charge in [0.25, 0.3) is 0 Å². The standard InChI is InChI=1S/C13H30PTe.BF4/c1-5-8-11-14(15-4,12-9-6-2)13-10-7-3;2-1(3,4)5/h5-13H2,1-4H3;/q+1;-1. The van der Waals surface area contributed by atoms with Gasteiger partial charge in [-0.1, -0.05) is 0 Å². The molecular weight excluding hydrogens is 402 g/mol. The van der Waals surface area contributed by atoms with Gasteiger partial charge >= 0.3 is 115 Å². The summed E-state index contributed by atoms with van der Waals surface area (Å²) in [5.41, 5.74) is 0. The van der Waals surface area contributed by atoms with Crippen LogP contribution < -0.4 is 0 Å². The van der Waals surface area contributed by atoms with Crippen LogP contribution in [0.15, 0.2) is 0 Å². The van der Waals surface area contributed by atoms with Crippen LogP contribution in [-0.2, 0) is 0 Å². The number of hydrogen-bond acceptors (Lipinski definition) is 0. The number of rotatable bonds is 10.